The van der Waals surface area contributed by atoms with E-state index in [4.69, 9.17) is 0 Å². The van der Waals surface area contributed by atoms with E-state index in [1.807, 2.05) is 54.6 Å². The van der Waals surface area contributed by atoms with Crippen molar-refractivity contribution in [3.8, 4) is 11.3 Å². The molecule has 0 saturated heterocycles. The van der Waals surface area contributed by atoms with Gasteiger partial charge in [0.1, 0.15) is 11.7 Å². The van der Waals surface area contributed by atoms with E-state index >= 15 is 0 Å². The van der Waals surface area contributed by atoms with Crippen molar-refractivity contribution in [2.45, 2.75) is 19.0 Å². The van der Waals surface area contributed by atoms with Gasteiger partial charge in [0.05, 0.1) is 17.2 Å². The van der Waals surface area contributed by atoms with Crippen LogP contribution in [0.4, 0.5) is 5.69 Å². The van der Waals surface area contributed by atoms with Crippen molar-refractivity contribution in [3.63, 3.8) is 0 Å². The topological polar surface area (TPSA) is 119 Å². The van der Waals surface area contributed by atoms with Crippen LogP contribution in [0.5, 0.6) is 0 Å². The highest BCUT2D eigenvalue weighted by Gasteiger charge is 2.24. The zero-order valence-corrected chi connectivity index (χ0v) is 21.5. The molecule has 9 nitrogen and oxygen atoms in total. The van der Waals surface area contributed by atoms with E-state index in [0.717, 1.165) is 21.2 Å². The minimum Gasteiger partial charge on any atom is -0.357 e. The molecule has 1 aromatic heterocycles. The van der Waals surface area contributed by atoms with Gasteiger partial charge in [0.15, 0.2) is 0 Å². The number of nitrogens with one attached hydrogen (secondary N) is 2. The Balaban J connectivity index is 1.64. The van der Waals surface area contributed by atoms with Crippen LogP contribution >= 0.6 is 15.9 Å². The van der Waals surface area contributed by atoms with E-state index < -0.39 is 16.9 Å². The Kier molecular flexibility index (Phi) is 8.09. The first-order valence-corrected chi connectivity index (χ1v) is 12.3. The van der Waals surface area contributed by atoms with Crippen LogP contribution in [0.2, 0.25) is 0 Å². The van der Waals surface area contributed by atoms with Gasteiger partial charge in [0, 0.05) is 35.6 Å². The van der Waals surface area contributed by atoms with Gasteiger partial charge >= 0.3 is 0 Å². The van der Waals surface area contributed by atoms with Gasteiger partial charge in [0.25, 0.3) is 11.6 Å². The molecule has 0 bridgehead atoms. The molecular weight excluding hydrogens is 538 g/mol. The smallest absolute Gasteiger partial charge is 0.270 e. The van der Waals surface area contributed by atoms with E-state index in [-0.39, 0.29) is 23.8 Å². The quantitative estimate of drug-likeness (QED) is 0.232. The largest absolute Gasteiger partial charge is 0.357 e. The Morgan fingerprint density at radius 3 is 2.38 bits per heavy atom. The lowest BCUT2D eigenvalue weighted by molar-refractivity contribution is -0.384. The molecule has 0 saturated carbocycles. The van der Waals surface area contributed by atoms with Gasteiger partial charge in [0.2, 0.25) is 5.91 Å². The number of carbonyl (C=O) groups is 2. The summed E-state index contributed by atoms with van der Waals surface area (Å²) in [6.07, 6.45) is 0.298. The lowest BCUT2D eigenvalue weighted by atomic mass is 10.0. The number of benzene rings is 3. The van der Waals surface area contributed by atoms with Crippen molar-refractivity contribution in [1.29, 1.82) is 0 Å². The molecule has 0 spiro atoms. The molecule has 0 radical (unpaired) electrons. The molecule has 1 heterocycles. The van der Waals surface area contributed by atoms with Gasteiger partial charge in [-0.1, -0.05) is 70.5 Å². The second-order valence-electron chi connectivity index (χ2n) is 8.34. The molecule has 0 aliphatic rings. The summed E-state index contributed by atoms with van der Waals surface area (Å²) in [5.74, 6) is -0.779. The van der Waals surface area contributed by atoms with Crippen molar-refractivity contribution in [3.05, 3.63) is 116 Å². The first kappa shape index (κ1) is 25.8. The summed E-state index contributed by atoms with van der Waals surface area (Å²) in [5.41, 5.74) is 3.28. The third-order valence-corrected chi connectivity index (χ3v) is 6.25. The summed E-state index contributed by atoms with van der Waals surface area (Å²) in [6.45, 7) is 0.212. The molecule has 4 aromatic rings. The number of nitrogens with zero attached hydrogens (tertiary/aromatic N) is 3. The van der Waals surface area contributed by atoms with Crippen LogP contribution in [-0.4, -0.2) is 39.6 Å². The number of non-ortho nitro benzene ring substituents is 1. The third kappa shape index (κ3) is 6.47. The van der Waals surface area contributed by atoms with Crippen molar-refractivity contribution < 1.29 is 14.5 Å². The molecule has 0 aliphatic carbocycles. The fourth-order valence-electron chi connectivity index (χ4n) is 3.88. The lowest BCUT2D eigenvalue weighted by Crippen LogP contribution is -2.47. The molecule has 10 heteroatoms. The number of likely N-dealkylation sites (N-methyl/N-ethyl adjacent to an activating group) is 1. The fraction of sp³-hybridized carbons (Fsp3) is 0.148. The summed E-state index contributed by atoms with van der Waals surface area (Å²) in [5, 5.41) is 21.1. The summed E-state index contributed by atoms with van der Waals surface area (Å²) >= 11 is 3.44. The highest BCUT2D eigenvalue weighted by Crippen LogP contribution is 2.21. The summed E-state index contributed by atoms with van der Waals surface area (Å²) < 4.78 is 2.42. The second kappa shape index (κ2) is 11.6. The first-order valence-electron chi connectivity index (χ1n) is 11.5. The van der Waals surface area contributed by atoms with E-state index in [1.54, 1.807) is 22.9 Å². The van der Waals surface area contributed by atoms with Crippen LogP contribution in [0.15, 0.2) is 89.4 Å². The predicted molar refractivity (Wildman–Crippen MR) is 143 cm³/mol. The van der Waals surface area contributed by atoms with Crippen molar-refractivity contribution in [2.24, 2.45) is 0 Å². The van der Waals surface area contributed by atoms with Crippen LogP contribution in [0.1, 0.15) is 21.6 Å². The molecule has 4 rings (SSSR count). The molecule has 0 fully saturated rings. The molecule has 1 atom stereocenters. The molecule has 3 aromatic carbocycles. The van der Waals surface area contributed by atoms with E-state index in [1.165, 1.54) is 19.2 Å². The zero-order valence-electron chi connectivity index (χ0n) is 19.9. The standard InChI is InChI=1S/C27H24BrN5O4/c1-29-26(34)24(15-19-6-5-9-21(28)14-19)30-27(35)25-16-23(20-7-3-2-4-8-20)31-32(25)17-18-10-12-22(13-11-18)33(36)37/h2-14,16,24H,15,17H2,1H3,(H,29,34)(H,30,35)/t24-/m0/s1. The monoisotopic (exact) mass is 561 g/mol. The number of nitro benzene ring substituents is 1. The van der Waals surface area contributed by atoms with Crippen molar-refractivity contribution >= 4 is 33.4 Å². The highest BCUT2D eigenvalue weighted by molar-refractivity contribution is 9.10. The number of hydrogen-bond acceptors (Lipinski definition) is 5. The summed E-state index contributed by atoms with van der Waals surface area (Å²) in [4.78, 5) is 36.7. The minimum absolute atomic E-state index is 0.0203. The zero-order chi connectivity index (χ0) is 26.4. The number of nitro groups is 1. The van der Waals surface area contributed by atoms with E-state index in [9.17, 15) is 19.7 Å². The van der Waals surface area contributed by atoms with E-state index in [2.05, 4.69) is 31.7 Å². The Morgan fingerprint density at radius 2 is 1.73 bits per heavy atom. The molecule has 0 unspecified atom stereocenters. The Labute approximate surface area is 221 Å². The minimum atomic E-state index is -0.810. The number of carbonyl (C=O) groups excluding carboxylic acids is 2. The number of aromatic nitrogens is 2. The molecule has 188 valence electrons. The van der Waals surface area contributed by atoms with Crippen LogP contribution in [0.3, 0.4) is 0 Å². The Hall–Kier alpha value is -4.31. The molecule has 2 amide bonds. The van der Waals surface area contributed by atoms with Gasteiger partial charge in [-0.3, -0.25) is 24.4 Å². The van der Waals surface area contributed by atoms with Gasteiger partial charge in [-0.25, -0.2) is 0 Å². The Morgan fingerprint density at radius 1 is 1.00 bits per heavy atom. The molecule has 37 heavy (non-hydrogen) atoms. The fourth-order valence-corrected chi connectivity index (χ4v) is 4.33. The molecular formula is C27H24BrN5O4. The Bertz CT molecular complexity index is 1420. The second-order valence-corrected chi connectivity index (χ2v) is 9.25. The maximum atomic E-state index is 13.5. The normalized spacial score (nSPS) is 11.5. The lowest BCUT2D eigenvalue weighted by Gasteiger charge is -2.18. The predicted octanol–water partition coefficient (Wildman–Crippen LogP) is 4.36. The average Bonchev–Trinajstić information content (AvgIpc) is 3.32. The van der Waals surface area contributed by atoms with Crippen LogP contribution in [0.25, 0.3) is 11.3 Å². The summed E-state index contributed by atoms with van der Waals surface area (Å²) in [6, 6.07) is 23.9. The maximum Gasteiger partial charge on any atom is 0.270 e. The third-order valence-electron chi connectivity index (χ3n) is 5.76. The number of amides is 2. The number of rotatable bonds is 9. The first-order chi connectivity index (χ1) is 17.8. The van der Waals surface area contributed by atoms with Crippen molar-refractivity contribution in [2.75, 3.05) is 7.05 Å². The van der Waals surface area contributed by atoms with Crippen LogP contribution < -0.4 is 10.6 Å². The highest BCUT2D eigenvalue weighted by atomic mass is 79.9. The van der Waals surface area contributed by atoms with Crippen molar-refractivity contribution in [1.82, 2.24) is 20.4 Å². The van der Waals surface area contributed by atoms with E-state index in [0.29, 0.717) is 12.1 Å². The maximum absolute atomic E-state index is 13.5. The molecule has 0 aliphatic heterocycles. The van der Waals surface area contributed by atoms with Gasteiger partial charge in [-0.15, -0.1) is 0 Å². The van der Waals surface area contributed by atoms with Gasteiger partial charge < -0.3 is 10.6 Å². The SMILES string of the molecule is CNC(=O)[C@H](Cc1cccc(Br)c1)NC(=O)c1cc(-c2ccccc2)nn1Cc1ccc([N+](=O)[O-])cc1. The number of hydrogen-bond donors (Lipinski definition) is 2. The molecule has 2 N–H and O–H groups in total. The average molecular weight is 562 g/mol. The summed E-state index contributed by atoms with van der Waals surface area (Å²) in [7, 11) is 1.52. The van der Waals surface area contributed by atoms with Gasteiger partial charge in [-0.05, 0) is 29.3 Å². The van der Waals surface area contributed by atoms with Gasteiger partial charge in [-0.2, -0.15) is 5.10 Å². The van der Waals surface area contributed by atoms with Crippen LogP contribution in [-0.2, 0) is 17.8 Å². The van der Waals surface area contributed by atoms with Crippen LogP contribution in [0, 0.1) is 10.1 Å². The number of halogens is 1.